The van der Waals surface area contributed by atoms with E-state index < -0.39 is 0 Å². The lowest BCUT2D eigenvalue weighted by Gasteiger charge is -2.36. The molecule has 1 amide bonds. The molecule has 0 radical (unpaired) electrons. The maximum atomic E-state index is 12.7. The Morgan fingerprint density at radius 3 is 2.68 bits per heavy atom. The molecule has 2 heterocycles. The van der Waals surface area contributed by atoms with E-state index in [4.69, 9.17) is 0 Å². The zero-order chi connectivity index (χ0) is 15.4. The SMILES string of the molecule is C[C@H]1CCCN(C(=O)C2CC[NH+](C[C@@H]3CC=CCC3)CC2)C1. The molecule has 3 rings (SSSR count). The summed E-state index contributed by atoms with van der Waals surface area (Å²) in [5.41, 5.74) is 0. The third-order valence-electron chi connectivity index (χ3n) is 5.97. The summed E-state index contributed by atoms with van der Waals surface area (Å²) in [7, 11) is 0. The van der Waals surface area contributed by atoms with E-state index >= 15 is 0 Å². The van der Waals surface area contributed by atoms with Crippen LogP contribution in [0.3, 0.4) is 0 Å². The second kappa shape index (κ2) is 7.63. The Bertz CT molecular complexity index is 398. The molecular formula is C19H33N2O+. The van der Waals surface area contributed by atoms with Crippen LogP contribution >= 0.6 is 0 Å². The number of allylic oxidation sites excluding steroid dienone is 2. The predicted octanol–water partition coefficient (Wildman–Crippen LogP) is 1.90. The van der Waals surface area contributed by atoms with Crippen LogP contribution in [0.15, 0.2) is 12.2 Å². The molecule has 1 N–H and O–H groups in total. The van der Waals surface area contributed by atoms with E-state index in [1.165, 1.54) is 51.7 Å². The largest absolute Gasteiger partial charge is 0.342 e. The summed E-state index contributed by atoms with van der Waals surface area (Å²) in [4.78, 5) is 16.6. The monoisotopic (exact) mass is 305 g/mol. The van der Waals surface area contributed by atoms with Gasteiger partial charge in [-0.05, 0) is 38.0 Å². The van der Waals surface area contributed by atoms with Gasteiger partial charge in [-0.3, -0.25) is 4.79 Å². The van der Waals surface area contributed by atoms with Gasteiger partial charge in [-0.1, -0.05) is 19.1 Å². The first-order chi connectivity index (χ1) is 10.7. The van der Waals surface area contributed by atoms with Crippen molar-refractivity contribution >= 4 is 5.91 Å². The molecule has 0 bridgehead atoms. The molecule has 0 spiro atoms. The molecule has 0 aromatic rings. The van der Waals surface area contributed by atoms with Gasteiger partial charge < -0.3 is 9.80 Å². The lowest BCUT2D eigenvalue weighted by atomic mass is 9.90. The molecular weight excluding hydrogens is 272 g/mol. The van der Waals surface area contributed by atoms with E-state index in [0.29, 0.717) is 17.7 Å². The lowest BCUT2D eigenvalue weighted by molar-refractivity contribution is -0.909. The van der Waals surface area contributed by atoms with Crippen molar-refractivity contribution in [1.29, 1.82) is 0 Å². The topological polar surface area (TPSA) is 24.8 Å². The number of hydrogen-bond acceptors (Lipinski definition) is 1. The number of nitrogens with one attached hydrogen (secondary N) is 1. The lowest BCUT2D eigenvalue weighted by Crippen LogP contribution is -3.13. The molecule has 0 unspecified atom stereocenters. The molecule has 2 atom stereocenters. The molecule has 22 heavy (non-hydrogen) atoms. The van der Waals surface area contributed by atoms with Crippen LogP contribution in [-0.2, 0) is 4.79 Å². The van der Waals surface area contributed by atoms with Gasteiger partial charge >= 0.3 is 0 Å². The number of hydrogen-bond donors (Lipinski definition) is 1. The maximum Gasteiger partial charge on any atom is 0.226 e. The molecule has 1 aliphatic carbocycles. The number of carbonyl (C=O) groups is 1. The summed E-state index contributed by atoms with van der Waals surface area (Å²) >= 11 is 0. The molecule has 2 fully saturated rings. The Morgan fingerprint density at radius 1 is 1.18 bits per heavy atom. The van der Waals surface area contributed by atoms with Crippen molar-refractivity contribution in [3.05, 3.63) is 12.2 Å². The summed E-state index contributed by atoms with van der Waals surface area (Å²) in [5.74, 6) is 2.37. The molecule has 0 aromatic carbocycles. The third-order valence-corrected chi connectivity index (χ3v) is 5.97. The number of piperidine rings is 2. The average Bonchev–Trinajstić information content (AvgIpc) is 2.56. The van der Waals surface area contributed by atoms with Crippen molar-refractivity contribution in [1.82, 2.24) is 4.90 Å². The van der Waals surface area contributed by atoms with Gasteiger partial charge in [0.2, 0.25) is 5.91 Å². The predicted molar refractivity (Wildman–Crippen MR) is 89.7 cm³/mol. The molecule has 3 nitrogen and oxygen atoms in total. The maximum absolute atomic E-state index is 12.7. The molecule has 0 aromatic heterocycles. The Balaban J connectivity index is 1.42. The zero-order valence-corrected chi connectivity index (χ0v) is 14.2. The number of carbonyl (C=O) groups excluding carboxylic acids is 1. The van der Waals surface area contributed by atoms with Crippen LogP contribution in [-0.4, -0.2) is 43.5 Å². The Labute approximate surface area is 135 Å². The fourth-order valence-corrected chi connectivity index (χ4v) is 4.57. The number of rotatable bonds is 3. The van der Waals surface area contributed by atoms with Crippen LogP contribution in [0.25, 0.3) is 0 Å². The Morgan fingerprint density at radius 2 is 2.00 bits per heavy atom. The fourth-order valence-electron chi connectivity index (χ4n) is 4.57. The first kappa shape index (κ1) is 16.0. The van der Waals surface area contributed by atoms with E-state index in [-0.39, 0.29) is 0 Å². The summed E-state index contributed by atoms with van der Waals surface area (Å²) in [6.07, 6.45) is 13.3. The van der Waals surface area contributed by atoms with E-state index in [0.717, 1.165) is 31.8 Å². The molecule has 124 valence electrons. The summed E-state index contributed by atoms with van der Waals surface area (Å²) < 4.78 is 0. The number of amides is 1. The summed E-state index contributed by atoms with van der Waals surface area (Å²) in [6, 6.07) is 0. The van der Waals surface area contributed by atoms with Crippen molar-refractivity contribution < 1.29 is 9.69 Å². The zero-order valence-electron chi connectivity index (χ0n) is 14.2. The second-order valence-electron chi connectivity index (χ2n) is 7.91. The van der Waals surface area contributed by atoms with Crippen molar-refractivity contribution in [3.63, 3.8) is 0 Å². The van der Waals surface area contributed by atoms with Crippen molar-refractivity contribution in [2.75, 3.05) is 32.7 Å². The van der Waals surface area contributed by atoms with Crippen LogP contribution in [0.5, 0.6) is 0 Å². The van der Waals surface area contributed by atoms with Gasteiger partial charge in [0, 0.05) is 37.8 Å². The van der Waals surface area contributed by atoms with Crippen molar-refractivity contribution in [2.45, 2.75) is 51.9 Å². The molecule has 3 aliphatic rings. The Hall–Kier alpha value is -0.830. The van der Waals surface area contributed by atoms with Crippen LogP contribution in [0.1, 0.15) is 51.9 Å². The highest BCUT2D eigenvalue weighted by atomic mass is 16.2. The first-order valence-electron chi connectivity index (χ1n) is 9.49. The van der Waals surface area contributed by atoms with E-state index in [9.17, 15) is 4.79 Å². The van der Waals surface area contributed by atoms with Gasteiger partial charge in [0.05, 0.1) is 19.6 Å². The smallest absolute Gasteiger partial charge is 0.226 e. The van der Waals surface area contributed by atoms with Gasteiger partial charge in [-0.15, -0.1) is 0 Å². The van der Waals surface area contributed by atoms with E-state index in [1.54, 1.807) is 4.90 Å². The minimum absolute atomic E-state index is 0.320. The van der Waals surface area contributed by atoms with Crippen molar-refractivity contribution in [3.8, 4) is 0 Å². The van der Waals surface area contributed by atoms with E-state index in [2.05, 4.69) is 24.0 Å². The normalized spacial score (nSPS) is 36.3. The van der Waals surface area contributed by atoms with Gasteiger partial charge in [-0.2, -0.15) is 0 Å². The standard InChI is InChI=1S/C19H32N2O/c1-16-6-5-11-21(14-16)19(22)18-9-12-20(13-10-18)15-17-7-3-2-4-8-17/h2-3,16-18H,4-15H2,1H3/p+1/t16-,17+/m0/s1. The molecule has 0 saturated carbocycles. The minimum atomic E-state index is 0.320. The van der Waals surface area contributed by atoms with Crippen LogP contribution in [0, 0.1) is 17.8 Å². The number of quaternary nitrogens is 1. The van der Waals surface area contributed by atoms with Gasteiger partial charge in [0.1, 0.15) is 0 Å². The van der Waals surface area contributed by atoms with E-state index in [1.807, 2.05) is 0 Å². The quantitative estimate of drug-likeness (QED) is 0.792. The van der Waals surface area contributed by atoms with Gasteiger partial charge in [0.25, 0.3) is 0 Å². The van der Waals surface area contributed by atoms with Gasteiger partial charge in [-0.25, -0.2) is 0 Å². The highest BCUT2D eigenvalue weighted by molar-refractivity contribution is 5.79. The molecule has 2 aliphatic heterocycles. The summed E-state index contributed by atoms with van der Waals surface area (Å²) in [5, 5.41) is 0. The average molecular weight is 305 g/mol. The fraction of sp³-hybridized carbons (Fsp3) is 0.842. The highest BCUT2D eigenvalue weighted by Crippen LogP contribution is 2.21. The van der Waals surface area contributed by atoms with Gasteiger partial charge in [0.15, 0.2) is 0 Å². The Kier molecular flexibility index (Phi) is 5.56. The summed E-state index contributed by atoms with van der Waals surface area (Å²) in [6.45, 7) is 8.03. The first-order valence-corrected chi connectivity index (χ1v) is 9.49. The van der Waals surface area contributed by atoms with Crippen molar-refractivity contribution in [2.24, 2.45) is 17.8 Å². The highest BCUT2D eigenvalue weighted by Gasteiger charge is 2.32. The third kappa shape index (κ3) is 4.13. The molecule has 3 heteroatoms. The number of likely N-dealkylation sites (tertiary alicyclic amines) is 2. The minimum Gasteiger partial charge on any atom is -0.342 e. The van der Waals surface area contributed by atoms with Crippen LogP contribution in [0.4, 0.5) is 0 Å². The molecule has 2 saturated heterocycles. The number of nitrogens with zero attached hydrogens (tertiary/aromatic N) is 1. The van der Waals surface area contributed by atoms with Crippen LogP contribution in [0.2, 0.25) is 0 Å². The second-order valence-corrected chi connectivity index (χ2v) is 7.91. The van der Waals surface area contributed by atoms with Crippen LogP contribution < -0.4 is 4.90 Å².